The number of thioether (sulfide) groups is 1. The third-order valence-corrected chi connectivity index (χ3v) is 4.94. The van der Waals surface area contributed by atoms with Crippen molar-refractivity contribution in [2.75, 3.05) is 6.61 Å². The Hall–Kier alpha value is -2.44. The van der Waals surface area contributed by atoms with Gasteiger partial charge in [-0.1, -0.05) is 23.7 Å². The molecule has 0 aromatic heterocycles. The Morgan fingerprint density at radius 3 is 2.85 bits per heavy atom. The van der Waals surface area contributed by atoms with E-state index >= 15 is 0 Å². The molecule has 134 valence electrons. The summed E-state index contributed by atoms with van der Waals surface area (Å²) in [5.74, 6) is 0.225. The highest BCUT2D eigenvalue weighted by Gasteiger charge is 2.24. The average Bonchev–Trinajstić information content (AvgIpc) is 2.93. The van der Waals surface area contributed by atoms with Crippen LogP contribution in [0.5, 0.6) is 11.5 Å². The molecule has 0 unspecified atom stereocenters. The molecular formula is C19H17ClN2O3S. The molecule has 0 atom stereocenters. The monoisotopic (exact) mass is 388 g/mol. The molecule has 7 heteroatoms. The molecule has 0 radical (unpaired) electrons. The number of ether oxygens (including phenoxy) is 1. The summed E-state index contributed by atoms with van der Waals surface area (Å²) >= 11 is 7.36. The van der Waals surface area contributed by atoms with Gasteiger partial charge in [0.2, 0.25) is 0 Å². The molecule has 1 fully saturated rings. The van der Waals surface area contributed by atoms with Gasteiger partial charge in [0, 0.05) is 5.02 Å². The number of hydrogen-bond acceptors (Lipinski definition) is 5. The van der Waals surface area contributed by atoms with Crippen molar-refractivity contribution < 1.29 is 14.6 Å². The van der Waals surface area contributed by atoms with Gasteiger partial charge < -0.3 is 15.2 Å². The van der Waals surface area contributed by atoms with E-state index in [0.717, 1.165) is 11.1 Å². The largest absolute Gasteiger partial charge is 0.504 e. The first-order valence-electron chi connectivity index (χ1n) is 7.98. The van der Waals surface area contributed by atoms with Gasteiger partial charge in [0.25, 0.3) is 5.91 Å². The van der Waals surface area contributed by atoms with Crippen molar-refractivity contribution in [2.45, 2.75) is 13.8 Å². The normalized spacial score (nSPS) is 17.0. The molecule has 0 aliphatic carbocycles. The van der Waals surface area contributed by atoms with Gasteiger partial charge in [-0.3, -0.25) is 4.79 Å². The van der Waals surface area contributed by atoms with Gasteiger partial charge in [-0.15, -0.1) is 0 Å². The maximum Gasteiger partial charge on any atom is 0.264 e. The van der Waals surface area contributed by atoms with Crippen LogP contribution in [0.4, 0.5) is 5.69 Å². The van der Waals surface area contributed by atoms with Gasteiger partial charge in [-0.2, -0.15) is 0 Å². The first-order valence-corrected chi connectivity index (χ1v) is 9.17. The number of aryl methyl sites for hydroxylation is 1. The fourth-order valence-corrected chi connectivity index (χ4v) is 3.31. The highest BCUT2D eigenvalue weighted by molar-refractivity contribution is 8.18. The van der Waals surface area contributed by atoms with Crippen molar-refractivity contribution in [3.8, 4) is 11.5 Å². The third-order valence-electron chi connectivity index (χ3n) is 3.62. The Balaban J connectivity index is 1.83. The van der Waals surface area contributed by atoms with Gasteiger partial charge in [0.1, 0.15) is 0 Å². The molecule has 0 saturated carbocycles. The Labute approximate surface area is 160 Å². The van der Waals surface area contributed by atoms with Crippen LogP contribution in [0.15, 0.2) is 46.3 Å². The predicted molar refractivity (Wildman–Crippen MR) is 106 cm³/mol. The molecule has 1 amide bonds. The molecule has 1 aliphatic rings. The van der Waals surface area contributed by atoms with E-state index in [0.29, 0.717) is 33.1 Å². The highest BCUT2D eigenvalue weighted by Crippen LogP contribution is 2.32. The molecular weight excluding hydrogens is 372 g/mol. The lowest BCUT2D eigenvalue weighted by atomic mass is 10.2. The van der Waals surface area contributed by atoms with Crippen LogP contribution in [-0.2, 0) is 4.79 Å². The molecule has 1 heterocycles. The Morgan fingerprint density at radius 2 is 2.12 bits per heavy atom. The van der Waals surface area contributed by atoms with Gasteiger partial charge in [-0.25, -0.2) is 4.99 Å². The summed E-state index contributed by atoms with van der Waals surface area (Å²) in [7, 11) is 0. The topological polar surface area (TPSA) is 70.9 Å². The summed E-state index contributed by atoms with van der Waals surface area (Å²) in [6.07, 6.45) is 1.73. The summed E-state index contributed by atoms with van der Waals surface area (Å²) in [6, 6.07) is 10.4. The van der Waals surface area contributed by atoms with Crippen molar-refractivity contribution in [2.24, 2.45) is 4.99 Å². The Kier molecular flexibility index (Phi) is 5.54. The minimum Gasteiger partial charge on any atom is -0.504 e. The quantitative estimate of drug-likeness (QED) is 0.748. The number of carbonyl (C=O) groups is 1. The zero-order chi connectivity index (χ0) is 18.7. The van der Waals surface area contributed by atoms with Crippen LogP contribution in [0.2, 0.25) is 5.02 Å². The first kappa shape index (κ1) is 18.4. The number of phenols is 1. The van der Waals surface area contributed by atoms with Crippen LogP contribution in [0.1, 0.15) is 18.1 Å². The number of nitrogens with zero attached hydrogens (tertiary/aromatic N) is 1. The second-order valence-electron chi connectivity index (χ2n) is 5.58. The van der Waals surface area contributed by atoms with Crippen LogP contribution in [-0.4, -0.2) is 22.8 Å². The van der Waals surface area contributed by atoms with E-state index in [4.69, 9.17) is 16.3 Å². The number of phenolic OH excluding ortho intramolecular Hbond substituents is 1. The minimum absolute atomic E-state index is 0.0658. The zero-order valence-corrected chi connectivity index (χ0v) is 15.8. The van der Waals surface area contributed by atoms with E-state index in [-0.39, 0.29) is 11.7 Å². The van der Waals surface area contributed by atoms with E-state index in [2.05, 4.69) is 10.3 Å². The van der Waals surface area contributed by atoms with Crippen LogP contribution >= 0.6 is 23.4 Å². The maximum atomic E-state index is 12.2. The van der Waals surface area contributed by atoms with Crippen molar-refractivity contribution in [1.29, 1.82) is 0 Å². The Morgan fingerprint density at radius 1 is 1.31 bits per heavy atom. The highest BCUT2D eigenvalue weighted by atomic mass is 35.5. The molecule has 5 nitrogen and oxygen atoms in total. The second-order valence-corrected chi connectivity index (χ2v) is 7.01. The lowest BCUT2D eigenvalue weighted by Gasteiger charge is -2.06. The van der Waals surface area contributed by atoms with Crippen LogP contribution in [0.3, 0.4) is 0 Å². The summed E-state index contributed by atoms with van der Waals surface area (Å²) in [5.41, 5.74) is 2.40. The standard InChI is InChI=1S/C19H17ClN2O3S/c1-3-25-16-8-12(5-7-15(16)23)9-17-18(24)22-19(26-17)21-13-6-4-11(2)14(20)10-13/h4-10,23H,3H2,1-2H3,(H,21,22,24)/b17-9-. The molecule has 2 aromatic rings. The van der Waals surface area contributed by atoms with E-state index in [1.165, 1.54) is 17.8 Å². The number of aromatic hydroxyl groups is 1. The number of hydrogen-bond donors (Lipinski definition) is 2. The second kappa shape index (κ2) is 7.85. The molecule has 1 saturated heterocycles. The molecule has 0 bridgehead atoms. The molecule has 26 heavy (non-hydrogen) atoms. The molecule has 3 rings (SSSR count). The smallest absolute Gasteiger partial charge is 0.264 e. The number of halogens is 1. The SMILES string of the molecule is CCOc1cc(/C=C2\SC(=Nc3ccc(C)c(Cl)c3)NC2=O)ccc1O. The summed E-state index contributed by atoms with van der Waals surface area (Å²) in [6.45, 7) is 4.20. The summed E-state index contributed by atoms with van der Waals surface area (Å²) in [5, 5.41) is 13.6. The van der Waals surface area contributed by atoms with Gasteiger partial charge in [-0.05, 0) is 67.1 Å². The first-order chi connectivity index (χ1) is 12.5. The minimum atomic E-state index is -0.224. The molecule has 2 aromatic carbocycles. The average molecular weight is 389 g/mol. The molecule has 2 N–H and O–H groups in total. The van der Waals surface area contributed by atoms with Crippen molar-refractivity contribution in [3.63, 3.8) is 0 Å². The number of nitrogens with one attached hydrogen (secondary N) is 1. The van der Waals surface area contributed by atoms with E-state index in [1.807, 2.05) is 26.0 Å². The van der Waals surface area contributed by atoms with Gasteiger partial charge >= 0.3 is 0 Å². The Bertz CT molecular complexity index is 925. The fraction of sp³-hybridized carbons (Fsp3) is 0.158. The predicted octanol–water partition coefficient (Wildman–Crippen LogP) is 4.64. The number of benzene rings is 2. The van der Waals surface area contributed by atoms with Crippen LogP contribution in [0, 0.1) is 6.92 Å². The summed E-state index contributed by atoms with van der Waals surface area (Å²) in [4.78, 5) is 17.1. The van der Waals surface area contributed by atoms with Crippen molar-refractivity contribution >= 4 is 46.2 Å². The number of rotatable bonds is 4. The number of amides is 1. The van der Waals surface area contributed by atoms with Gasteiger partial charge in [0.15, 0.2) is 16.7 Å². The van der Waals surface area contributed by atoms with Crippen molar-refractivity contribution in [3.05, 3.63) is 57.5 Å². The maximum absolute atomic E-state index is 12.2. The van der Waals surface area contributed by atoms with E-state index in [9.17, 15) is 9.90 Å². The van der Waals surface area contributed by atoms with E-state index < -0.39 is 0 Å². The third kappa shape index (κ3) is 4.20. The fourth-order valence-electron chi connectivity index (χ4n) is 2.29. The number of aliphatic imine (C=N–C) groups is 1. The summed E-state index contributed by atoms with van der Waals surface area (Å²) < 4.78 is 5.37. The molecule has 0 spiro atoms. The van der Waals surface area contributed by atoms with Crippen LogP contribution in [0.25, 0.3) is 6.08 Å². The lowest BCUT2D eigenvalue weighted by molar-refractivity contribution is -0.115. The number of amidine groups is 1. The molecule has 1 aliphatic heterocycles. The van der Waals surface area contributed by atoms with E-state index in [1.54, 1.807) is 24.3 Å². The van der Waals surface area contributed by atoms with Crippen molar-refractivity contribution in [1.82, 2.24) is 5.32 Å². The number of carbonyl (C=O) groups excluding carboxylic acids is 1. The van der Waals surface area contributed by atoms with Crippen LogP contribution < -0.4 is 10.1 Å². The zero-order valence-electron chi connectivity index (χ0n) is 14.2. The van der Waals surface area contributed by atoms with Gasteiger partial charge in [0.05, 0.1) is 17.2 Å². The lowest BCUT2D eigenvalue weighted by Crippen LogP contribution is -2.19.